The molecule has 0 saturated heterocycles. The van der Waals surface area contributed by atoms with Crippen molar-refractivity contribution in [2.75, 3.05) is 18.5 Å². The third kappa shape index (κ3) is 4.10. The Morgan fingerprint density at radius 3 is 2.84 bits per heavy atom. The quantitative estimate of drug-likeness (QED) is 0.776. The molecular formula is C15H21N3O. The number of hydrogen-bond acceptors (Lipinski definition) is 4. The van der Waals surface area contributed by atoms with Crippen molar-refractivity contribution < 1.29 is 4.42 Å². The Labute approximate surface area is 114 Å². The van der Waals surface area contributed by atoms with Crippen molar-refractivity contribution in [3.8, 4) is 0 Å². The highest BCUT2D eigenvalue weighted by atomic mass is 16.3. The zero-order chi connectivity index (χ0) is 13.5. The molecule has 0 radical (unpaired) electrons. The van der Waals surface area contributed by atoms with Crippen LogP contribution in [0.5, 0.6) is 0 Å². The normalized spacial score (nSPS) is 10.6. The van der Waals surface area contributed by atoms with E-state index < -0.39 is 0 Å². The van der Waals surface area contributed by atoms with Crippen molar-refractivity contribution >= 4 is 5.82 Å². The molecule has 0 unspecified atom stereocenters. The van der Waals surface area contributed by atoms with Gasteiger partial charge in [-0.2, -0.15) is 0 Å². The molecular weight excluding hydrogens is 238 g/mol. The Bertz CT molecular complexity index is 465. The molecule has 0 saturated carbocycles. The van der Waals surface area contributed by atoms with Gasteiger partial charge in [0.25, 0.3) is 0 Å². The van der Waals surface area contributed by atoms with Crippen molar-refractivity contribution in [2.45, 2.75) is 26.4 Å². The summed E-state index contributed by atoms with van der Waals surface area (Å²) in [6.07, 6.45) is 4.77. The molecule has 4 nitrogen and oxygen atoms in total. The van der Waals surface area contributed by atoms with Crippen LogP contribution in [0.4, 0.5) is 5.82 Å². The number of aromatic nitrogens is 1. The van der Waals surface area contributed by atoms with Gasteiger partial charge in [0.15, 0.2) is 0 Å². The van der Waals surface area contributed by atoms with E-state index in [9.17, 15) is 0 Å². The van der Waals surface area contributed by atoms with E-state index in [4.69, 9.17) is 4.42 Å². The number of nitrogens with zero attached hydrogens (tertiary/aromatic N) is 2. The lowest BCUT2D eigenvalue weighted by Gasteiger charge is -2.16. The smallest absolute Gasteiger partial charge is 0.128 e. The van der Waals surface area contributed by atoms with Gasteiger partial charge in [0, 0.05) is 19.8 Å². The van der Waals surface area contributed by atoms with E-state index in [1.807, 2.05) is 31.4 Å². The van der Waals surface area contributed by atoms with E-state index in [1.165, 1.54) is 5.56 Å². The third-order valence-electron chi connectivity index (χ3n) is 2.93. The van der Waals surface area contributed by atoms with E-state index >= 15 is 0 Å². The van der Waals surface area contributed by atoms with E-state index in [1.54, 1.807) is 6.26 Å². The fourth-order valence-electron chi connectivity index (χ4n) is 1.87. The van der Waals surface area contributed by atoms with Crippen LogP contribution in [0, 0.1) is 0 Å². The number of furan rings is 1. The maximum Gasteiger partial charge on any atom is 0.128 e. The van der Waals surface area contributed by atoms with Crippen LogP contribution >= 0.6 is 0 Å². The SMILES string of the molecule is CCCNCc1ccc(N(C)Cc2ccco2)nc1. The molecule has 0 fully saturated rings. The molecule has 2 aromatic heterocycles. The van der Waals surface area contributed by atoms with Crippen LogP contribution in [0.15, 0.2) is 41.1 Å². The average molecular weight is 259 g/mol. The topological polar surface area (TPSA) is 41.3 Å². The van der Waals surface area contributed by atoms with E-state index in [-0.39, 0.29) is 0 Å². The number of anilines is 1. The van der Waals surface area contributed by atoms with Crippen LogP contribution in [-0.4, -0.2) is 18.6 Å². The van der Waals surface area contributed by atoms with Crippen molar-refractivity contribution in [2.24, 2.45) is 0 Å². The molecule has 0 aliphatic carbocycles. The Morgan fingerprint density at radius 2 is 2.21 bits per heavy atom. The molecule has 0 aromatic carbocycles. The largest absolute Gasteiger partial charge is 0.467 e. The standard InChI is InChI=1S/C15H21N3O/c1-3-8-16-10-13-6-7-15(17-11-13)18(2)12-14-5-4-9-19-14/h4-7,9,11,16H,3,8,10,12H2,1-2H3. The zero-order valence-electron chi connectivity index (χ0n) is 11.6. The summed E-state index contributed by atoms with van der Waals surface area (Å²) in [6.45, 7) is 4.81. The van der Waals surface area contributed by atoms with Crippen LogP contribution in [0.3, 0.4) is 0 Å². The molecule has 2 rings (SSSR count). The summed E-state index contributed by atoms with van der Waals surface area (Å²) in [4.78, 5) is 6.55. The summed E-state index contributed by atoms with van der Waals surface area (Å²) in [5.41, 5.74) is 1.21. The van der Waals surface area contributed by atoms with Gasteiger partial charge in [-0.25, -0.2) is 4.98 Å². The lowest BCUT2D eigenvalue weighted by molar-refractivity contribution is 0.507. The summed E-state index contributed by atoms with van der Waals surface area (Å²) < 4.78 is 5.34. The minimum absolute atomic E-state index is 0.730. The fraction of sp³-hybridized carbons (Fsp3) is 0.400. The number of hydrogen-bond donors (Lipinski definition) is 1. The van der Waals surface area contributed by atoms with Gasteiger partial charge < -0.3 is 14.6 Å². The molecule has 4 heteroatoms. The van der Waals surface area contributed by atoms with E-state index in [2.05, 4.69) is 28.2 Å². The molecule has 2 aromatic rings. The molecule has 0 spiro atoms. The highest BCUT2D eigenvalue weighted by Crippen LogP contribution is 2.13. The first-order valence-electron chi connectivity index (χ1n) is 6.68. The van der Waals surface area contributed by atoms with Gasteiger partial charge >= 0.3 is 0 Å². The molecule has 2 heterocycles. The average Bonchev–Trinajstić information content (AvgIpc) is 2.93. The minimum atomic E-state index is 0.730. The monoisotopic (exact) mass is 259 g/mol. The third-order valence-corrected chi connectivity index (χ3v) is 2.93. The van der Waals surface area contributed by atoms with Crippen molar-refractivity contribution in [1.82, 2.24) is 10.3 Å². The summed E-state index contributed by atoms with van der Waals surface area (Å²) >= 11 is 0. The first-order chi connectivity index (χ1) is 9.29. The predicted octanol–water partition coefficient (Wildman–Crippen LogP) is 2.81. The fourth-order valence-corrected chi connectivity index (χ4v) is 1.87. The first-order valence-corrected chi connectivity index (χ1v) is 6.68. The maximum atomic E-state index is 5.34. The molecule has 0 aliphatic rings. The van der Waals surface area contributed by atoms with Gasteiger partial charge in [-0.15, -0.1) is 0 Å². The van der Waals surface area contributed by atoms with Crippen LogP contribution in [0.2, 0.25) is 0 Å². The van der Waals surface area contributed by atoms with E-state index in [0.29, 0.717) is 0 Å². The summed E-state index contributed by atoms with van der Waals surface area (Å²) in [5.74, 6) is 1.90. The predicted molar refractivity (Wildman–Crippen MR) is 77.0 cm³/mol. The van der Waals surface area contributed by atoms with Gasteiger partial charge in [-0.1, -0.05) is 13.0 Å². The number of pyridine rings is 1. The van der Waals surface area contributed by atoms with Gasteiger partial charge in [0.2, 0.25) is 0 Å². The lowest BCUT2D eigenvalue weighted by Crippen LogP contribution is -2.18. The van der Waals surface area contributed by atoms with E-state index in [0.717, 1.165) is 37.6 Å². The maximum absolute atomic E-state index is 5.34. The van der Waals surface area contributed by atoms with Crippen LogP contribution < -0.4 is 10.2 Å². The second-order valence-electron chi connectivity index (χ2n) is 4.64. The summed E-state index contributed by atoms with van der Waals surface area (Å²) in [7, 11) is 2.01. The Kier molecular flexibility index (Phi) is 4.98. The van der Waals surface area contributed by atoms with Gasteiger partial charge in [-0.3, -0.25) is 0 Å². The van der Waals surface area contributed by atoms with Crippen LogP contribution in [-0.2, 0) is 13.1 Å². The van der Waals surface area contributed by atoms with Gasteiger partial charge in [0.05, 0.1) is 12.8 Å². The summed E-state index contributed by atoms with van der Waals surface area (Å²) in [6, 6.07) is 8.04. The Morgan fingerprint density at radius 1 is 1.32 bits per heavy atom. The highest BCUT2D eigenvalue weighted by Gasteiger charge is 2.05. The van der Waals surface area contributed by atoms with Crippen LogP contribution in [0.25, 0.3) is 0 Å². The van der Waals surface area contributed by atoms with Crippen LogP contribution in [0.1, 0.15) is 24.7 Å². The molecule has 102 valence electrons. The highest BCUT2D eigenvalue weighted by molar-refractivity contribution is 5.38. The molecule has 0 amide bonds. The minimum Gasteiger partial charge on any atom is -0.467 e. The summed E-state index contributed by atoms with van der Waals surface area (Å²) in [5, 5.41) is 3.37. The lowest BCUT2D eigenvalue weighted by atomic mass is 10.2. The second-order valence-corrected chi connectivity index (χ2v) is 4.64. The second kappa shape index (κ2) is 6.95. The van der Waals surface area contributed by atoms with Crippen molar-refractivity contribution in [3.63, 3.8) is 0 Å². The molecule has 0 bridgehead atoms. The van der Waals surface area contributed by atoms with Gasteiger partial charge in [0.1, 0.15) is 11.6 Å². The Balaban J connectivity index is 1.90. The van der Waals surface area contributed by atoms with Crippen molar-refractivity contribution in [3.05, 3.63) is 48.0 Å². The zero-order valence-corrected chi connectivity index (χ0v) is 11.6. The number of nitrogens with one attached hydrogen (secondary N) is 1. The molecule has 1 N–H and O–H groups in total. The van der Waals surface area contributed by atoms with Gasteiger partial charge in [-0.05, 0) is 36.7 Å². The molecule has 0 aliphatic heterocycles. The molecule has 19 heavy (non-hydrogen) atoms. The Hall–Kier alpha value is -1.81. The first kappa shape index (κ1) is 13.6. The van der Waals surface area contributed by atoms with Crippen molar-refractivity contribution in [1.29, 1.82) is 0 Å². The number of rotatable bonds is 7. The molecule has 0 atom stereocenters.